The Hall–Kier alpha value is -1.38. The van der Waals surface area contributed by atoms with Crippen molar-refractivity contribution in [1.29, 1.82) is 0 Å². The summed E-state index contributed by atoms with van der Waals surface area (Å²) in [6, 6.07) is 4.70. The van der Waals surface area contributed by atoms with E-state index in [1.807, 2.05) is 11.8 Å². The summed E-state index contributed by atoms with van der Waals surface area (Å²) in [5, 5.41) is 11.1. The van der Waals surface area contributed by atoms with Gasteiger partial charge in [-0.3, -0.25) is 9.69 Å². The van der Waals surface area contributed by atoms with E-state index in [1.165, 1.54) is 17.8 Å². The van der Waals surface area contributed by atoms with Gasteiger partial charge in [0, 0.05) is 31.1 Å². The van der Waals surface area contributed by atoms with Gasteiger partial charge < -0.3 is 5.32 Å². The van der Waals surface area contributed by atoms with E-state index in [0.29, 0.717) is 17.5 Å². The Morgan fingerprint density at radius 2 is 2.17 bits per heavy atom. The molecular weight excluding hydrogens is 335 g/mol. The van der Waals surface area contributed by atoms with Gasteiger partial charge in [-0.2, -0.15) is 16.9 Å². The number of halogens is 1. The van der Waals surface area contributed by atoms with Crippen LogP contribution in [0, 0.1) is 5.82 Å². The normalized spacial score (nSPS) is 21.3. The van der Waals surface area contributed by atoms with Crippen LogP contribution in [-0.2, 0) is 11.3 Å². The van der Waals surface area contributed by atoms with Gasteiger partial charge in [-0.25, -0.2) is 4.39 Å². The van der Waals surface area contributed by atoms with Crippen LogP contribution in [0.1, 0.15) is 11.1 Å². The molecule has 2 aliphatic heterocycles. The summed E-state index contributed by atoms with van der Waals surface area (Å²) in [5.74, 6) is 2.30. The van der Waals surface area contributed by atoms with Gasteiger partial charge in [0.1, 0.15) is 5.82 Å². The van der Waals surface area contributed by atoms with Gasteiger partial charge >= 0.3 is 0 Å². The summed E-state index contributed by atoms with van der Waals surface area (Å²) in [4.78, 5) is 13.4. The number of thioether (sulfide) groups is 2. The summed E-state index contributed by atoms with van der Waals surface area (Å²) in [7, 11) is 0. The Bertz CT molecular complexity index is 644. The minimum absolute atomic E-state index is 0.0608. The molecule has 2 heterocycles. The highest BCUT2D eigenvalue weighted by atomic mass is 32.2. The number of nitrogens with one attached hydrogen (secondary N) is 1. The molecule has 8 heteroatoms. The molecule has 0 unspecified atom stereocenters. The average Bonchev–Trinajstić information content (AvgIpc) is 2.96. The number of benzene rings is 1. The average molecular weight is 352 g/mol. The highest BCUT2D eigenvalue weighted by molar-refractivity contribution is 8.15. The first-order valence-corrected chi connectivity index (χ1v) is 9.47. The Labute approximate surface area is 142 Å². The van der Waals surface area contributed by atoms with Crippen LogP contribution in [-0.4, -0.2) is 52.5 Å². The van der Waals surface area contributed by atoms with Crippen LogP contribution >= 0.6 is 23.5 Å². The second-order valence-corrected chi connectivity index (χ2v) is 7.41. The lowest BCUT2D eigenvalue weighted by molar-refractivity contribution is -0.116. The summed E-state index contributed by atoms with van der Waals surface area (Å²) < 4.78 is 13.6. The lowest BCUT2D eigenvalue weighted by Crippen LogP contribution is -2.32. The molecule has 0 saturated carbocycles. The Kier molecular flexibility index (Phi) is 5.69. The highest BCUT2D eigenvalue weighted by Gasteiger charge is 2.16. The van der Waals surface area contributed by atoms with Crippen molar-refractivity contribution in [1.82, 2.24) is 10.2 Å². The third-order valence-electron chi connectivity index (χ3n) is 3.53. The molecule has 3 rings (SSSR count). The van der Waals surface area contributed by atoms with Crippen LogP contribution in [0.3, 0.4) is 0 Å². The molecule has 0 bridgehead atoms. The zero-order valence-electron chi connectivity index (χ0n) is 12.5. The van der Waals surface area contributed by atoms with E-state index >= 15 is 0 Å². The molecule has 0 radical (unpaired) electrons. The molecule has 0 aromatic heterocycles. The van der Waals surface area contributed by atoms with Gasteiger partial charge in [-0.1, -0.05) is 17.8 Å². The second kappa shape index (κ2) is 7.94. The molecule has 1 amide bonds. The molecule has 1 aromatic rings. The lowest BCUT2D eigenvalue weighted by Gasteiger charge is -2.26. The van der Waals surface area contributed by atoms with Crippen molar-refractivity contribution < 1.29 is 9.18 Å². The molecule has 2 saturated heterocycles. The van der Waals surface area contributed by atoms with Crippen LogP contribution in [0.5, 0.6) is 0 Å². The topological polar surface area (TPSA) is 57.1 Å². The Balaban J connectivity index is 1.71. The maximum absolute atomic E-state index is 13.6. The third-order valence-corrected chi connectivity index (χ3v) is 5.34. The number of amides is 1. The number of nitrogens with zero attached hydrogens (tertiary/aromatic N) is 3. The largest absolute Gasteiger partial charge is 0.303 e. The fraction of sp³-hybridized carbons (Fsp3) is 0.400. The predicted octanol–water partition coefficient (Wildman–Crippen LogP) is 1.93. The van der Waals surface area contributed by atoms with Crippen molar-refractivity contribution in [3.63, 3.8) is 0 Å². The molecule has 0 atom stereocenters. The summed E-state index contributed by atoms with van der Waals surface area (Å²) in [6.45, 7) is 2.74. The molecule has 2 aliphatic rings. The number of amidine groups is 1. The van der Waals surface area contributed by atoms with E-state index in [1.54, 1.807) is 18.3 Å². The van der Waals surface area contributed by atoms with E-state index in [4.69, 9.17) is 0 Å². The molecule has 2 fully saturated rings. The van der Waals surface area contributed by atoms with Crippen molar-refractivity contribution >= 4 is 40.8 Å². The zero-order valence-corrected chi connectivity index (χ0v) is 14.1. The third kappa shape index (κ3) is 4.79. The quantitative estimate of drug-likeness (QED) is 0.664. The van der Waals surface area contributed by atoms with Crippen molar-refractivity contribution in [3.05, 3.63) is 35.1 Å². The predicted molar refractivity (Wildman–Crippen MR) is 94.6 cm³/mol. The van der Waals surface area contributed by atoms with Crippen molar-refractivity contribution in [2.24, 2.45) is 10.2 Å². The summed E-state index contributed by atoms with van der Waals surface area (Å²) in [5.41, 5.74) is 1.76. The van der Waals surface area contributed by atoms with Crippen LogP contribution in [0.4, 0.5) is 4.39 Å². The number of rotatable bonds is 4. The standard InChI is InChI=1S/C15H17FN4OS2/c16-13-2-1-11(8-17-19-15-18-14(21)10-23-15)12(7-13)9-20-3-5-22-6-4-20/h1-2,7-8H,3-6,9-10H2,(H,18,19,21). The van der Waals surface area contributed by atoms with E-state index in [-0.39, 0.29) is 11.7 Å². The Morgan fingerprint density at radius 3 is 2.91 bits per heavy atom. The van der Waals surface area contributed by atoms with Crippen molar-refractivity contribution in [2.45, 2.75) is 6.54 Å². The number of hydrogen-bond donors (Lipinski definition) is 1. The molecular formula is C15H17FN4OS2. The fourth-order valence-electron chi connectivity index (χ4n) is 2.36. The molecule has 1 aromatic carbocycles. The van der Waals surface area contributed by atoms with E-state index in [2.05, 4.69) is 20.4 Å². The first kappa shape index (κ1) is 16.5. The minimum atomic E-state index is -0.242. The Morgan fingerprint density at radius 1 is 1.35 bits per heavy atom. The van der Waals surface area contributed by atoms with Gasteiger partial charge in [0.15, 0.2) is 5.17 Å². The molecule has 122 valence electrons. The molecule has 1 N–H and O–H groups in total. The fourth-order valence-corrected chi connectivity index (χ4v) is 3.97. The zero-order chi connectivity index (χ0) is 16.1. The summed E-state index contributed by atoms with van der Waals surface area (Å²) in [6.07, 6.45) is 1.62. The van der Waals surface area contributed by atoms with Gasteiger partial charge in [0.2, 0.25) is 5.91 Å². The van der Waals surface area contributed by atoms with Gasteiger partial charge in [-0.15, -0.1) is 5.10 Å². The minimum Gasteiger partial charge on any atom is -0.303 e. The van der Waals surface area contributed by atoms with E-state index < -0.39 is 0 Å². The van der Waals surface area contributed by atoms with Crippen LogP contribution in [0.2, 0.25) is 0 Å². The van der Waals surface area contributed by atoms with E-state index in [9.17, 15) is 9.18 Å². The van der Waals surface area contributed by atoms with Gasteiger partial charge in [-0.05, 0) is 23.3 Å². The van der Waals surface area contributed by atoms with Crippen molar-refractivity contribution in [2.75, 3.05) is 30.3 Å². The van der Waals surface area contributed by atoms with Crippen LogP contribution in [0.25, 0.3) is 0 Å². The maximum Gasteiger partial charge on any atom is 0.236 e. The molecule has 5 nitrogen and oxygen atoms in total. The SMILES string of the molecule is O=C1CSC(=NN=Cc2ccc(F)cc2CN2CCSCC2)N1. The first-order valence-electron chi connectivity index (χ1n) is 7.33. The van der Waals surface area contributed by atoms with E-state index in [0.717, 1.165) is 35.7 Å². The maximum atomic E-state index is 13.6. The number of carbonyl (C=O) groups is 1. The van der Waals surface area contributed by atoms with Crippen molar-refractivity contribution in [3.8, 4) is 0 Å². The van der Waals surface area contributed by atoms with Crippen LogP contribution in [0.15, 0.2) is 28.4 Å². The van der Waals surface area contributed by atoms with Gasteiger partial charge in [0.25, 0.3) is 0 Å². The highest BCUT2D eigenvalue weighted by Crippen LogP contribution is 2.16. The number of hydrogen-bond acceptors (Lipinski definition) is 6. The first-order chi connectivity index (χ1) is 11.2. The molecule has 0 aliphatic carbocycles. The summed E-state index contributed by atoms with van der Waals surface area (Å²) >= 11 is 3.27. The lowest BCUT2D eigenvalue weighted by atomic mass is 10.1. The second-order valence-electron chi connectivity index (χ2n) is 5.22. The van der Waals surface area contributed by atoms with Gasteiger partial charge in [0.05, 0.1) is 12.0 Å². The van der Waals surface area contributed by atoms with Crippen LogP contribution < -0.4 is 5.32 Å². The smallest absolute Gasteiger partial charge is 0.236 e. The molecule has 23 heavy (non-hydrogen) atoms. The molecule has 0 spiro atoms. The monoisotopic (exact) mass is 352 g/mol. The number of carbonyl (C=O) groups excluding carboxylic acids is 1.